The molecule has 0 bridgehead atoms. The Hall–Kier alpha value is -3.45. The van der Waals surface area contributed by atoms with Gasteiger partial charge in [-0.2, -0.15) is 0 Å². The number of thioether (sulfide) groups is 1. The Bertz CT molecular complexity index is 1090. The zero-order valence-electron chi connectivity index (χ0n) is 18.5. The number of anilines is 2. The minimum absolute atomic E-state index is 0.153. The van der Waals surface area contributed by atoms with Gasteiger partial charge in [-0.1, -0.05) is 23.8 Å². The van der Waals surface area contributed by atoms with Crippen LogP contribution in [-0.4, -0.2) is 31.3 Å². The van der Waals surface area contributed by atoms with E-state index in [4.69, 9.17) is 9.47 Å². The van der Waals surface area contributed by atoms with Gasteiger partial charge in [0.05, 0.1) is 19.5 Å². The molecule has 0 aliphatic heterocycles. The van der Waals surface area contributed by atoms with E-state index in [-0.39, 0.29) is 17.1 Å². The predicted molar refractivity (Wildman–Crippen MR) is 129 cm³/mol. The first-order chi connectivity index (χ1) is 15.4. The SMILES string of the molecule is COc1cc(NC(=O)C(C)Sc2cccc(NC(=O)c3cccc(C)c3)c2)cc(OC)c1. The zero-order valence-corrected chi connectivity index (χ0v) is 19.3. The van der Waals surface area contributed by atoms with Crippen LogP contribution < -0.4 is 20.1 Å². The van der Waals surface area contributed by atoms with E-state index in [9.17, 15) is 9.59 Å². The van der Waals surface area contributed by atoms with Gasteiger partial charge in [0, 0.05) is 40.0 Å². The second kappa shape index (κ2) is 10.7. The molecule has 1 atom stereocenters. The molecular weight excluding hydrogens is 424 g/mol. The number of aryl methyl sites for hydroxylation is 1. The van der Waals surface area contributed by atoms with E-state index in [1.165, 1.54) is 11.8 Å². The van der Waals surface area contributed by atoms with E-state index >= 15 is 0 Å². The number of carbonyl (C=O) groups is 2. The van der Waals surface area contributed by atoms with Crippen LogP contribution in [0.5, 0.6) is 11.5 Å². The molecule has 0 aliphatic carbocycles. The maximum absolute atomic E-state index is 12.7. The molecule has 0 saturated carbocycles. The van der Waals surface area contributed by atoms with Crippen molar-refractivity contribution >= 4 is 35.0 Å². The number of ether oxygens (including phenoxy) is 2. The Morgan fingerprint density at radius 3 is 2.19 bits per heavy atom. The van der Waals surface area contributed by atoms with Crippen molar-refractivity contribution in [2.24, 2.45) is 0 Å². The maximum atomic E-state index is 12.7. The summed E-state index contributed by atoms with van der Waals surface area (Å²) in [5.41, 5.74) is 2.89. The van der Waals surface area contributed by atoms with Gasteiger partial charge in [0.15, 0.2) is 0 Å². The Balaban J connectivity index is 1.64. The highest BCUT2D eigenvalue weighted by atomic mass is 32.2. The molecule has 3 aromatic rings. The summed E-state index contributed by atoms with van der Waals surface area (Å²) < 4.78 is 10.5. The fourth-order valence-electron chi connectivity index (χ4n) is 3.02. The van der Waals surface area contributed by atoms with Gasteiger partial charge < -0.3 is 20.1 Å². The number of benzene rings is 3. The summed E-state index contributed by atoms with van der Waals surface area (Å²) in [6, 6.07) is 20.1. The molecule has 0 saturated heterocycles. The largest absolute Gasteiger partial charge is 0.497 e. The molecule has 1 unspecified atom stereocenters. The fraction of sp³-hybridized carbons (Fsp3) is 0.200. The van der Waals surface area contributed by atoms with Crippen molar-refractivity contribution < 1.29 is 19.1 Å². The summed E-state index contributed by atoms with van der Waals surface area (Å²) in [6.07, 6.45) is 0. The highest BCUT2D eigenvalue weighted by Gasteiger charge is 2.16. The maximum Gasteiger partial charge on any atom is 0.255 e. The van der Waals surface area contributed by atoms with E-state index in [1.807, 2.05) is 56.3 Å². The standard InChI is InChI=1S/C25H26N2O4S/c1-16-7-5-8-18(11-16)25(29)26-19-9-6-10-23(14-19)32-17(2)24(28)27-20-12-21(30-3)15-22(13-20)31-4/h5-15,17H,1-4H3,(H,26,29)(H,27,28). The summed E-state index contributed by atoms with van der Waals surface area (Å²) in [5.74, 6) is 0.863. The van der Waals surface area contributed by atoms with Crippen molar-refractivity contribution in [3.8, 4) is 11.5 Å². The molecule has 0 spiro atoms. The lowest BCUT2D eigenvalue weighted by atomic mass is 10.1. The predicted octanol–water partition coefficient (Wildman–Crippen LogP) is 5.38. The Morgan fingerprint density at radius 1 is 0.844 bits per heavy atom. The van der Waals surface area contributed by atoms with Crippen molar-refractivity contribution in [2.75, 3.05) is 24.9 Å². The highest BCUT2D eigenvalue weighted by Crippen LogP contribution is 2.29. The highest BCUT2D eigenvalue weighted by molar-refractivity contribution is 8.00. The van der Waals surface area contributed by atoms with Crippen LogP contribution in [-0.2, 0) is 4.79 Å². The molecule has 7 heteroatoms. The van der Waals surface area contributed by atoms with Crippen molar-refractivity contribution in [3.63, 3.8) is 0 Å². The minimum Gasteiger partial charge on any atom is -0.497 e. The minimum atomic E-state index is -0.366. The van der Waals surface area contributed by atoms with Gasteiger partial charge >= 0.3 is 0 Å². The molecule has 0 fully saturated rings. The first-order valence-corrected chi connectivity index (χ1v) is 10.9. The van der Waals surface area contributed by atoms with Gasteiger partial charge in [-0.3, -0.25) is 9.59 Å². The summed E-state index contributed by atoms with van der Waals surface area (Å²) >= 11 is 1.40. The summed E-state index contributed by atoms with van der Waals surface area (Å²) in [7, 11) is 3.12. The fourth-order valence-corrected chi connectivity index (χ4v) is 3.94. The van der Waals surface area contributed by atoms with Gasteiger partial charge in [0.1, 0.15) is 11.5 Å². The van der Waals surface area contributed by atoms with Crippen molar-refractivity contribution in [2.45, 2.75) is 24.0 Å². The van der Waals surface area contributed by atoms with E-state index in [0.717, 1.165) is 10.5 Å². The number of nitrogens with one attached hydrogen (secondary N) is 2. The quantitative estimate of drug-likeness (QED) is 0.451. The molecule has 0 radical (unpaired) electrons. The van der Waals surface area contributed by atoms with Crippen LogP contribution in [0.3, 0.4) is 0 Å². The molecule has 3 rings (SSSR count). The number of hydrogen-bond acceptors (Lipinski definition) is 5. The Labute approximate surface area is 192 Å². The van der Waals surface area contributed by atoms with E-state index < -0.39 is 0 Å². The third-order valence-electron chi connectivity index (χ3n) is 4.67. The van der Waals surface area contributed by atoms with E-state index in [1.54, 1.807) is 38.5 Å². The van der Waals surface area contributed by atoms with Crippen LogP contribution in [0.15, 0.2) is 71.6 Å². The van der Waals surface area contributed by atoms with Crippen LogP contribution in [0.25, 0.3) is 0 Å². The number of carbonyl (C=O) groups excluding carboxylic acids is 2. The van der Waals surface area contributed by atoms with Crippen molar-refractivity contribution in [1.29, 1.82) is 0 Å². The molecule has 0 aliphatic rings. The van der Waals surface area contributed by atoms with Crippen LogP contribution in [0, 0.1) is 6.92 Å². The molecule has 32 heavy (non-hydrogen) atoms. The van der Waals surface area contributed by atoms with Gasteiger partial charge in [0.25, 0.3) is 5.91 Å². The van der Waals surface area contributed by atoms with Gasteiger partial charge in [-0.05, 0) is 44.2 Å². The lowest BCUT2D eigenvalue weighted by molar-refractivity contribution is -0.115. The molecule has 0 aromatic heterocycles. The molecule has 6 nitrogen and oxygen atoms in total. The number of amides is 2. The first kappa shape index (κ1) is 23.2. The number of methoxy groups -OCH3 is 2. The summed E-state index contributed by atoms with van der Waals surface area (Å²) in [6.45, 7) is 3.78. The Morgan fingerprint density at radius 2 is 1.53 bits per heavy atom. The monoisotopic (exact) mass is 450 g/mol. The van der Waals surface area contributed by atoms with Crippen LogP contribution in [0.4, 0.5) is 11.4 Å². The molecular formula is C25H26N2O4S. The van der Waals surface area contributed by atoms with Crippen molar-refractivity contribution in [3.05, 3.63) is 77.9 Å². The molecule has 2 amide bonds. The van der Waals surface area contributed by atoms with Crippen LogP contribution in [0.2, 0.25) is 0 Å². The second-order valence-electron chi connectivity index (χ2n) is 7.20. The Kier molecular flexibility index (Phi) is 7.78. The molecule has 2 N–H and O–H groups in total. The first-order valence-electron chi connectivity index (χ1n) is 10.1. The molecule has 3 aromatic carbocycles. The second-order valence-corrected chi connectivity index (χ2v) is 8.62. The number of hydrogen-bond donors (Lipinski definition) is 2. The third kappa shape index (κ3) is 6.28. The zero-order chi connectivity index (χ0) is 23.1. The smallest absolute Gasteiger partial charge is 0.255 e. The van der Waals surface area contributed by atoms with Gasteiger partial charge in [0.2, 0.25) is 5.91 Å². The number of rotatable bonds is 8. The average molecular weight is 451 g/mol. The normalized spacial score (nSPS) is 11.4. The molecule has 166 valence electrons. The van der Waals surface area contributed by atoms with E-state index in [0.29, 0.717) is 28.4 Å². The topological polar surface area (TPSA) is 76.7 Å². The lowest BCUT2D eigenvalue weighted by Gasteiger charge is -2.14. The van der Waals surface area contributed by atoms with Crippen molar-refractivity contribution in [1.82, 2.24) is 0 Å². The van der Waals surface area contributed by atoms with Gasteiger partial charge in [-0.25, -0.2) is 0 Å². The summed E-state index contributed by atoms with van der Waals surface area (Å²) in [5, 5.41) is 5.44. The third-order valence-corrected chi connectivity index (χ3v) is 5.77. The van der Waals surface area contributed by atoms with Gasteiger partial charge in [-0.15, -0.1) is 11.8 Å². The van der Waals surface area contributed by atoms with Crippen LogP contribution in [0.1, 0.15) is 22.8 Å². The lowest BCUT2D eigenvalue weighted by Crippen LogP contribution is -2.22. The summed E-state index contributed by atoms with van der Waals surface area (Å²) in [4.78, 5) is 26.1. The van der Waals surface area contributed by atoms with Crippen LogP contribution >= 0.6 is 11.8 Å². The van der Waals surface area contributed by atoms with E-state index in [2.05, 4.69) is 10.6 Å². The molecule has 0 heterocycles. The average Bonchev–Trinajstić information content (AvgIpc) is 2.78.